The van der Waals surface area contributed by atoms with Crippen LogP contribution in [0.4, 0.5) is 5.95 Å². The highest BCUT2D eigenvalue weighted by atomic mass is 31.3. The van der Waals surface area contributed by atoms with E-state index in [1.807, 2.05) is 0 Å². The number of phosphoric acid groups is 3. The summed E-state index contributed by atoms with van der Waals surface area (Å²) in [4.78, 5) is 71.7. The number of aromatic amines is 1. The standard InChI is InChI=1S/C10H13N5O5.C5H10O5.H5O10P3/c11-10-13-7-4(8(19)14-10)12-2-15(7)9-6(18)5(17)3(1-16)20-9;6-1-3(8)5(10)4(9)2-7;1-11(2,3)9-13(7,8)10-12(4,5)6/h2-3,5-6,9,16-18H,1H2,(H3,11,13,14,19);1,3-5,7-10H,2H2;(H,7,8)(H2,1,2,3)(H2,4,5,6)/t3-,5-,6-,9-;;/m1../s1. The van der Waals surface area contributed by atoms with E-state index in [1.165, 1.54) is 10.9 Å². The minimum Gasteiger partial charge on any atom is -0.394 e. The Kier molecular flexibility index (Phi) is 14.3. The molecule has 0 aliphatic carbocycles. The van der Waals surface area contributed by atoms with Gasteiger partial charge in [0.1, 0.15) is 36.6 Å². The summed E-state index contributed by atoms with van der Waals surface area (Å²) in [5, 5.41) is 62.8. The van der Waals surface area contributed by atoms with Crippen LogP contribution in [0, 0.1) is 0 Å². The Bertz CT molecular complexity index is 1380. The maximum atomic E-state index is 11.7. The van der Waals surface area contributed by atoms with Crippen molar-refractivity contribution in [2.24, 2.45) is 0 Å². The van der Waals surface area contributed by atoms with Crippen LogP contribution in [0.25, 0.3) is 11.2 Å². The Hall–Kier alpha value is -2.09. The van der Waals surface area contributed by atoms with Gasteiger partial charge in [0.2, 0.25) is 5.95 Å². The fourth-order valence-electron chi connectivity index (χ4n) is 2.94. The number of carbonyl (C=O) groups is 1. The monoisotopic (exact) mass is 691 g/mol. The maximum absolute atomic E-state index is 11.7. The van der Waals surface area contributed by atoms with E-state index in [-0.39, 0.29) is 23.4 Å². The van der Waals surface area contributed by atoms with Gasteiger partial charge >= 0.3 is 23.5 Å². The number of H-pyrrole nitrogens is 1. The number of nitrogen functional groups attached to an aromatic ring is 1. The lowest BCUT2D eigenvalue weighted by Crippen LogP contribution is -2.40. The first-order valence-electron chi connectivity index (χ1n) is 10.9. The van der Waals surface area contributed by atoms with Crippen LogP contribution < -0.4 is 11.3 Å². The molecule has 0 amide bonds. The molecule has 248 valence electrons. The quantitative estimate of drug-likeness (QED) is 0.0814. The van der Waals surface area contributed by atoms with E-state index < -0.39 is 85.1 Å². The van der Waals surface area contributed by atoms with Crippen molar-refractivity contribution in [3.63, 3.8) is 0 Å². The zero-order valence-corrected chi connectivity index (χ0v) is 23.7. The first-order valence-corrected chi connectivity index (χ1v) is 15.4. The molecular weight excluding hydrogens is 663 g/mol. The number of hydrogen-bond acceptors (Lipinski definition) is 18. The first kappa shape index (κ1) is 38.9. The van der Waals surface area contributed by atoms with E-state index in [9.17, 15) is 33.5 Å². The summed E-state index contributed by atoms with van der Waals surface area (Å²) in [6.07, 6.45) is -7.85. The number of aldehydes is 1. The van der Waals surface area contributed by atoms with Gasteiger partial charge in [0.25, 0.3) is 5.56 Å². The number of aliphatic hydroxyl groups excluding tert-OH is 7. The molecule has 0 spiro atoms. The number of imidazole rings is 1. The molecule has 0 aromatic carbocycles. The van der Waals surface area contributed by atoms with E-state index in [4.69, 9.17) is 60.5 Å². The van der Waals surface area contributed by atoms with Crippen LogP contribution in [0.2, 0.25) is 0 Å². The summed E-state index contributed by atoms with van der Waals surface area (Å²) in [7, 11) is -16.2. The van der Waals surface area contributed by atoms with Crippen molar-refractivity contribution in [2.75, 3.05) is 18.9 Å². The van der Waals surface area contributed by atoms with Crippen molar-refractivity contribution < 1.29 is 92.1 Å². The predicted molar refractivity (Wildman–Crippen MR) is 133 cm³/mol. The van der Waals surface area contributed by atoms with Crippen LogP contribution in [0.3, 0.4) is 0 Å². The Morgan fingerprint density at radius 1 is 1.05 bits per heavy atom. The molecule has 1 fully saturated rings. The number of hydrogen-bond donors (Lipinski definition) is 14. The van der Waals surface area contributed by atoms with Crippen LogP contribution in [0.1, 0.15) is 6.23 Å². The maximum Gasteiger partial charge on any atom is 0.490 e. The van der Waals surface area contributed by atoms with E-state index in [0.717, 1.165) is 0 Å². The molecule has 43 heavy (non-hydrogen) atoms. The first-order chi connectivity index (χ1) is 19.6. The summed E-state index contributed by atoms with van der Waals surface area (Å²) in [5.74, 6) is -0.101. The molecule has 15 N–H and O–H groups in total. The second-order valence-corrected chi connectivity index (χ2v) is 12.2. The minimum atomic E-state index is -5.46. The molecule has 3 rings (SSSR count). The highest BCUT2D eigenvalue weighted by Gasteiger charge is 2.44. The topological polar surface area (TPSA) is 428 Å². The van der Waals surface area contributed by atoms with E-state index in [2.05, 4.69) is 23.6 Å². The van der Waals surface area contributed by atoms with Crippen molar-refractivity contribution in [3.05, 3.63) is 16.7 Å². The number of carbonyl (C=O) groups excluding carboxylic acids is 1. The summed E-state index contributed by atoms with van der Waals surface area (Å²) >= 11 is 0. The van der Waals surface area contributed by atoms with Crippen molar-refractivity contribution in [2.45, 2.75) is 42.9 Å². The third-order valence-electron chi connectivity index (χ3n) is 4.73. The Balaban J connectivity index is 0.000000350. The van der Waals surface area contributed by atoms with Crippen molar-refractivity contribution in [3.8, 4) is 0 Å². The molecule has 3 unspecified atom stereocenters. The number of anilines is 1. The molecule has 7 atom stereocenters. The second-order valence-electron chi connectivity index (χ2n) is 7.98. The van der Waals surface area contributed by atoms with Crippen molar-refractivity contribution in [1.29, 1.82) is 0 Å². The highest BCUT2D eigenvalue weighted by Crippen LogP contribution is 2.64. The third kappa shape index (κ3) is 12.1. The van der Waals surface area contributed by atoms with Gasteiger partial charge in [-0.15, -0.1) is 0 Å². The lowest BCUT2D eigenvalue weighted by atomic mass is 10.1. The minimum absolute atomic E-state index is 0.0388. The number of nitrogens with one attached hydrogen (secondary N) is 1. The second kappa shape index (κ2) is 15.8. The normalized spacial score (nSPS) is 23.0. The summed E-state index contributed by atoms with van der Waals surface area (Å²) < 4.78 is 43.0. The summed E-state index contributed by atoms with van der Waals surface area (Å²) in [6, 6.07) is 0. The van der Waals surface area contributed by atoms with Gasteiger partial charge in [0.05, 0.1) is 19.5 Å². The number of aliphatic hydroxyl groups is 7. The Morgan fingerprint density at radius 3 is 2.00 bits per heavy atom. The SMILES string of the molecule is Nc1nc2c(ncn2[C@@H]2O[C@H](CO)[C@@H](O)[C@H]2O)c(=O)[nH]1.O=CC(O)C(O)C(O)CO.O=P(O)(O)OP(=O)(O)OP(=O)(O)O. The Labute approximate surface area is 237 Å². The fraction of sp³-hybridized carbons (Fsp3) is 0.600. The molecule has 0 radical (unpaired) electrons. The van der Waals surface area contributed by atoms with E-state index in [1.54, 1.807) is 0 Å². The zero-order chi connectivity index (χ0) is 33.5. The summed E-state index contributed by atoms with van der Waals surface area (Å²) in [5.41, 5.74) is 5.12. The molecular formula is C15H28N5O20P3. The molecule has 2 aromatic rings. The lowest BCUT2D eigenvalue weighted by molar-refractivity contribution is -0.127. The van der Waals surface area contributed by atoms with Gasteiger partial charge in [-0.3, -0.25) is 14.3 Å². The molecule has 25 nitrogen and oxygen atoms in total. The van der Waals surface area contributed by atoms with Gasteiger partial charge < -0.3 is 75.5 Å². The van der Waals surface area contributed by atoms with Crippen LogP contribution in [0.15, 0.2) is 11.1 Å². The number of rotatable bonds is 10. The number of nitrogens with two attached hydrogens (primary N) is 1. The van der Waals surface area contributed by atoms with Gasteiger partial charge in [-0.1, -0.05) is 0 Å². The summed E-state index contributed by atoms with van der Waals surface area (Å²) in [6.45, 7) is -1.14. The van der Waals surface area contributed by atoms with Gasteiger partial charge in [-0.2, -0.15) is 13.6 Å². The van der Waals surface area contributed by atoms with Gasteiger partial charge in [0, 0.05) is 0 Å². The molecule has 1 saturated heterocycles. The number of nitrogens with zero attached hydrogens (tertiary/aromatic N) is 3. The Morgan fingerprint density at radius 2 is 1.58 bits per heavy atom. The van der Waals surface area contributed by atoms with Crippen molar-refractivity contribution in [1.82, 2.24) is 19.5 Å². The average molecular weight is 691 g/mol. The highest BCUT2D eigenvalue weighted by molar-refractivity contribution is 7.66. The molecule has 2 aromatic heterocycles. The lowest BCUT2D eigenvalue weighted by Gasteiger charge is -2.16. The number of fused-ring (bicyclic) bond motifs is 1. The van der Waals surface area contributed by atoms with Gasteiger partial charge in [-0.25, -0.2) is 18.7 Å². The molecule has 3 heterocycles. The van der Waals surface area contributed by atoms with Gasteiger partial charge in [-0.05, 0) is 0 Å². The zero-order valence-electron chi connectivity index (χ0n) is 21.0. The number of ether oxygens (including phenoxy) is 1. The molecule has 1 aliphatic heterocycles. The van der Waals surface area contributed by atoms with Crippen LogP contribution in [0.5, 0.6) is 0 Å². The molecule has 1 aliphatic rings. The number of aromatic nitrogens is 4. The average Bonchev–Trinajstić information content (AvgIpc) is 3.40. The molecule has 0 bridgehead atoms. The molecule has 0 saturated carbocycles. The molecule has 28 heteroatoms. The third-order valence-corrected chi connectivity index (χ3v) is 8.08. The largest absolute Gasteiger partial charge is 0.490 e. The smallest absolute Gasteiger partial charge is 0.394 e. The van der Waals surface area contributed by atoms with Crippen molar-refractivity contribution >= 4 is 46.9 Å². The fourth-order valence-corrected chi connectivity index (χ4v) is 5.48. The van der Waals surface area contributed by atoms with Gasteiger partial charge in [0.15, 0.2) is 23.7 Å². The predicted octanol–water partition coefficient (Wildman–Crippen LogP) is -6.12. The van der Waals surface area contributed by atoms with Crippen LogP contribution in [-0.2, 0) is 31.8 Å². The van der Waals surface area contributed by atoms with Crippen LogP contribution >= 0.6 is 23.5 Å². The van der Waals surface area contributed by atoms with E-state index >= 15 is 0 Å². The van der Waals surface area contributed by atoms with Crippen LogP contribution in [-0.4, -0.2) is 136 Å². The van der Waals surface area contributed by atoms with E-state index in [0.29, 0.717) is 0 Å².